The minimum absolute atomic E-state index is 0.0294. The molecule has 0 saturated heterocycles. The third-order valence-electron chi connectivity index (χ3n) is 2.69. The van der Waals surface area contributed by atoms with E-state index in [2.05, 4.69) is 18.3 Å². The molecule has 0 fully saturated rings. The Morgan fingerprint density at radius 2 is 2.12 bits per heavy atom. The minimum Gasteiger partial charge on any atom is -0.317 e. The van der Waals surface area contributed by atoms with E-state index in [-0.39, 0.29) is 6.03 Å². The first kappa shape index (κ1) is 10.7. The minimum atomic E-state index is -0.0294. The van der Waals surface area contributed by atoms with Crippen LogP contribution in [0.4, 0.5) is 10.5 Å². The molecule has 1 aliphatic heterocycles. The molecule has 0 aromatic heterocycles. The fourth-order valence-corrected chi connectivity index (χ4v) is 1.72. The van der Waals surface area contributed by atoms with Crippen molar-refractivity contribution in [3.8, 4) is 0 Å². The summed E-state index contributed by atoms with van der Waals surface area (Å²) in [6, 6.07) is 7.93. The first-order valence-electron chi connectivity index (χ1n) is 5.59. The summed E-state index contributed by atoms with van der Waals surface area (Å²) in [6.45, 7) is 3.52. The number of nitrogens with one attached hydrogen (secondary N) is 1. The Hall–Kier alpha value is -1.77. The van der Waals surface area contributed by atoms with Gasteiger partial charge in [0.05, 0.1) is 0 Å². The maximum absolute atomic E-state index is 11.8. The van der Waals surface area contributed by atoms with Crippen molar-refractivity contribution < 1.29 is 4.79 Å². The topological polar surface area (TPSA) is 32.3 Å². The van der Waals surface area contributed by atoms with Crippen LogP contribution in [-0.2, 0) is 6.42 Å². The van der Waals surface area contributed by atoms with E-state index in [1.165, 1.54) is 5.56 Å². The smallest absolute Gasteiger partial charge is 0.317 e. The van der Waals surface area contributed by atoms with Crippen molar-refractivity contribution in [1.82, 2.24) is 4.90 Å². The number of carbonyl (C=O) groups is 1. The van der Waals surface area contributed by atoms with Gasteiger partial charge in [0.15, 0.2) is 0 Å². The van der Waals surface area contributed by atoms with Gasteiger partial charge in [0, 0.05) is 18.8 Å². The zero-order valence-electron chi connectivity index (χ0n) is 9.44. The number of hydrogen-bond acceptors (Lipinski definition) is 1. The van der Waals surface area contributed by atoms with Gasteiger partial charge in [0.25, 0.3) is 0 Å². The highest BCUT2D eigenvalue weighted by Crippen LogP contribution is 2.12. The molecule has 3 nitrogen and oxygen atoms in total. The summed E-state index contributed by atoms with van der Waals surface area (Å²) in [4.78, 5) is 13.6. The Balaban J connectivity index is 2.00. The quantitative estimate of drug-likeness (QED) is 0.757. The molecular weight excluding hydrogens is 200 g/mol. The van der Waals surface area contributed by atoms with Gasteiger partial charge in [0.2, 0.25) is 0 Å². The molecule has 0 atom stereocenters. The van der Waals surface area contributed by atoms with E-state index in [1.54, 1.807) is 4.90 Å². The van der Waals surface area contributed by atoms with E-state index in [9.17, 15) is 4.79 Å². The Morgan fingerprint density at radius 3 is 2.81 bits per heavy atom. The standard InChI is InChI=1S/C13H16N2O/c1-2-11-6-5-7-12(10-11)14-13(16)15-8-3-4-9-15/h3-7,10H,2,8-9H2,1H3,(H,14,16). The first-order valence-corrected chi connectivity index (χ1v) is 5.59. The summed E-state index contributed by atoms with van der Waals surface area (Å²) in [7, 11) is 0. The molecule has 0 radical (unpaired) electrons. The second-order valence-electron chi connectivity index (χ2n) is 3.86. The van der Waals surface area contributed by atoms with E-state index >= 15 is 0 Å². The lowest BCUT2D eigenvalue weighted by atomic mass is 10.1. The number of hydrogen-bond donors (Lipinski definition) is 1. The average Bonchev–Trinajstić information content (AvgIpc) is 2.83. The SMILES string of the molecule is CCc1cccc(NC(=O)N2CC=CC2)c1. The van der Waals surface area contributed by atoms with Gasteiger partial charge in [-0.15, -0.1) is 0 Å². The molecule has 84 valence electrons. The largest absolute Gasteiger partial charge is 0.322 e. The van der Waals surface area contributed by atoms with Crippen LogP contribution >= 0.6 is 0 Å². The fourth-order valence-electron chi connectivity index (χ4n) is 1.72. The lowest BCUT2D eigenvalue weighted by molar-refractivity contribution is 0.224. The summed E-state index contributed by atoms with van der Waals surface area (Å²) in [5.74, 6) is 0. The summed E-state index contributed by atoms with van der Waals surface area (Å²) >= 11 is 0. The van der Waals surface area contributed by atoms with Crippen LogP contribution in [0.3, 0.4) is 0 Å². The molecular formula is C13H16N2O. The van der Waals surface area contributed by atoms with Gasteiger partial charge >= 0.3 is 6.03 Å². The van der Waals surface area contributed by atoms with Crippen molar-refractivity contribution in [2.24, 2.45) is 0 Å². The van der Waals surface area contributed by atoms with Gasteiger partial charge in [-0.25, -0.2) is 4.79 Å². The van der Waals surface area contributed by atoms with Gasteiger partial charge in [0.1, 0.15) is 0 Å². The third kappa shape index (κ3) is 2.42. The van der Waals surface area contributed by atoms with Crippen molar-refractivity contribution in [2.75, 3.05) is 18.4 Å². The van der Waals surface area contributed by atoms with E-state index in [0.717, 1.165) is 12.1 Å². The molecule has 1 aromatic rings. The predicted molar refractivity (Wildman–Crippen MR) is 65.6 cm³/mol. The number of anilines is 1. The predicted octanol–water partition coefficient (Wildman–Crippen LogP) is 2.65. The Kier molecular flexibility index (Phi) is 3.25. The van der Waals surface area contributed by atoms with Gasteiger partial charge in [-0.1, -0.05) is 31.2 Å². The molecule has 1 heterocycles. The van der Waals surface area contributed by atoms with Crippen LogP contribution in [0.25, 0.3) is 0 Å². The van der Waals surface area contributed by atoms with Gasteiger partial charge in [-0.2, -0.15) is 0 Å². The van der Waals surface area contributed by atoms with Gasteiger partial charge < -0.3 is 10.2 Å². The molecule has 3 heteroatoms. The summed E-state index contributed by atoms with van der Waals surface area (Å²) < 4.78 is 0. The molecule has 2 amide bonds. The lowest BCUT2D eigenvalue weighted by Crippen LogP contribution is -2.32. The number of nitrogens with zero attached hydrogens (tertiary/aromatic N) is 1. The monoisotopic (exact) mass is 216 g/mol. The first-order chi connectivity index (χ1) is 7.79. The number of urea groups is 1. The van der Waals surface area contributed by atoms with Crippen molar-refractivity contribution in [2.45, 2.75) is 13.3 Å². The van der Waals surface area contributed by atoms with Crippen LogP contribution in [-0.4, -0.2) is 24.0 Å². The molecule has 0 spiro atoms. The Labute approximate surface area is 95.8 Å². The molecule has 1 aliphatic rings. The molecule has 0 unspecified atom stereocenters. The van der Waals surface area contributed by atoms with Crippen LogP contribution in [0, 0.1) is 0 Å². The second kappa shape index (κ2) is 4.84. The van der Waals surface area contributed by atoms with E-state index < -0.39 is 0 Å². The number of aryl methyl sites for hydroxylation is 1. The molecule has 16 heavy (non-hydrogen) atoms. The van der Waals surface area contributed by atoms with Crippen LogP contribution < -0.4 is 5.32 Å². The molecule has 0 saturated carbocycles. The average molecular weight is 216 g/mol. The molecule has 1 N–H and O–H groups in total. The Morgan fingerprint density at radius 1 is 1.38 bits per heavy atom. The number of carbonyl (C=O) groups excluding carboxylic acids is 1. The van der Waals surface area contributed by atoms with E-state index in [1.807, 2.05) is 30.4 Å². The third-order valence-corrected chi connectivity index (χ3v) is 2.69. The lowest BCUT2D eigenvalue weighted by Gasteiger charge is -2.16. The van der Waals surface area contributed by atoms with E-state index in [4.69, 9.17) is 0 Å². The number of benzene rings is 1. The van der Waals surface area contributed by atoms with Crippen LogP contribution in [0.5, 0.6) is 0 Å². The van der Waals surface area contributed by atoms with Gasteiger partial charge in [-0.3, -0.25) is 0 Å². The van der Waals surface area contributed by atoms with Crippen LogP contribution in [0.2, 0.25) is 0 Å². The molecule has 2 rings (SSSR count). The van der Waals surface area contributed by atoms with Crippen LogP contribution in [0.1, 0.15) is 12.5 Å². The fraction of sp³-hybridized carbons (Fsp3) is 0.308. The van der Waals surface area contributed by atoms with Crippen molar-refractivity contribution in [3.63, 3.8) is 0 Å². The number of rotatable bonds is 2. The summed E-state index contributed by atoms with van der Waals surface area (Å²) in [6.07, 6.45) is 4.99. The highest BCUT2D eigenvalue weighted by molar-refractivity contribution is 5.89. The summed E-state index contributed by atoms with van der Waals surface area (Å²) in [5, 5.41) is 2.91. The van der Waals surface area contributed by atoms with Gasteiger partial charge in [-0.05, 0) is 24.1 Å². The number of amides is 2. The van der Waals surface area contributed by atoms with E-state index in [0.29, 0.717) is 13.1 Å². The van der Waals surface area contributed by atoms with Crippen molar-refractivity contribution in [1.29, 1.82) is 0 Å². The summed E-state index contributed by atoms with van der Waals surface area (Å²) in [5.41, 5.74) is 2.11. The highest BCUT2D eigenvalue weighted by Gasteiger charge is 2.13. The van der Waals surface area contributed by atoms with Crippen molar-refractivity contribution in [3.05, 3.63) is 42.0 Å². The maximum atomic E-state index is 11.8. The van der Waals surface area contributed by atoms with Crippen molar-refractivity contribution >= 4 is 11.7 Å². The molecule has 1 aromatic carbocycles. The molecule has 0 aliphatic carbocycles. The zero-order valence-corrected chi connectivity index (χ0v) is 9.44. The van der Waals surface area contributed by atoms with Crippen LogP contribution in [0.15, 0.2) is 36.4 Å². The molecule has 0 bridgehead atoms. The normalized spacial score (nSPS) is 14.2. The Bertz CT molecular complexity index is 404. The second-order valence-corrected chi connectivity index (χ2v) is 3.86. The maximum Gasteiger partial charge on any atom is 0.322 e. The highest BCUT2D eigenvalue weighted by atomic mass is 16.2. The zero-order chi connectivity index (χ0) is 11.4.